The summed E-state index contributed by atoms with van der Waals surface area (Å²) in [7, 11) is 1.91. The summed E-state index contributed by atoms with van der Waals surface area (Å²) in [6, 6.07) is 0.163. The van der Waals surface area contributed by atoms with Crippen LogP contribution in [0.4, 0.5) is 4.79 Å². The number of β-amino-alcohol motifs (C(OH)–C–C–N with tert-alkyl or cyclic N) is 1. The zero-order valence-electron chi connectivity index (χ0n) is 15.3. The standard InChI is InChI=1S/C17H31N5O2/c1-14-11-21(13-17(2,3)24)8-9-22(14)16(23)18-7-5-6-15-10-19-20(4)12-15/h10,12,14,24H,5-9,11,13H2,1-4H3,(H,18,23). The Hall–Kier alpha value is -1.60. The number of piperazine rings is 1. The lowest BCUT2D eigenvalue weighted by atomic mass is 10.1. The molecule has 1 aromatic rings. The van der Waals surface area contributed by atoms with Crippen molar-refractivity contribution in [3.8, 4) is 0 Å². The molecule has 0 spiro atoms. The maximum absolute atomic E-state index is 12.3. The van der Waals surface area contributed by atoms with Crippen LogP contribution >= 0.6 is 0 Å². The molecule has 1 aromatic heterocycles. The zero-order chi connectivity index (χ0) is 17.7. The van der Waals surface area contributed by atoms with Crippen molar-refractivity contribution >= 4 is 6.03 Å². The first-order valence-corrected chi connectivity index (χ1v) is 8.71. The summed E-state index contributed by atoms with van der Waals surface area (Å²) in [5, 5.41) is 17.1. The average molecular weight is 337 g/mol. The third-order valence-corrected chi connectivity index (χ3v) is 4.26. The van der Waals surface area contributed by atoms with E-state index >= 15 is 0 Å². The predicted molar refractivity (Wildman–Crippen MR) is 93.8 cm³/mol. The van der Waals surface area contributed by atoms with E-state index in [1.807, 2.05) is 38.2 Å². The van der Waals surface area contributed by atoms with Gasteiger partial charge in [0.15, 0.2) is 0 Å². The Balaban J connectivity index is 1.69. The van der Waals surface area contributed by atoms with Crippen LogP contribution in [0.3, 0.4) is 0 Å². The molecule has 1 fully saturated rings. The molecule has 0 saturated carbocycles. The zero-order valence-corrected chi connectivity index (χ0v) is 15.3. The number of hydrogen-bond donors (Lipinski definition) is 2. The van der Waals surface area contributed by atoms with Crippen molar-refractivity contribution in [2.45, 2.75) is 45.3 Å². The number of urea groups is 1. The lowest BCUT2D eigenvalue weighted by Crippen LogP contribution is -2.58. The summed E-state index contributed by atoms with van der Waals surface area (Å²) in [6.45, 7) is 9.31. The van der Waals surface area contributed by atoms with Crippen LogP contribution in [0.1, 0.15) is 32.8 Å². The Morgan fingerprint density at radius 1 is 1.46 bits per heavy atom. The van der Waals surface area contributed by atoms with Crippen LogP contribution in [0.25, 0.3) is 0 Å². The van der Waals surface area contributed by atoms with E-state index in [4.69, 9.17) is 0 Å². The molecule has 1 aliphatic rings. The minimum absolute atomic E-state index is 0.0107. The highest BCUT2D eigenvalue weighted by atomic mass is 16.3. The largest absolute Gasteiger partial charge is 0.389 e. The number of carbonyl (C=O) groups is 1. The number of hydrogen-bond acceptors (Lipinski definition) is 4. The number of rotatable bonds is 6. The van der Waals surface area contributed by atoms with E-state index < -0.39 is 5.60 Å². The van der Waals surface area contributed by atoms with Gasteiger partial charge in [0.2, 0.25) is 0 Å². The van der Waals surface area contributed by atoms with E-state index in [9.17, 15) is 9.90 Å². The van der Waals surface area contributed by atoms with Crippen LogP contribution in [0.2, 0.25) is 0 Å². The molecule has 0 radical (unpaired) electrons. The van der Waals surface area contributed by atoms with Crippen molar-refractivity contribution in [3.05, 3.63) is 18.0 Å². The molecule has 0 aromatic carbocycles. The monoisotopic (exact) mass is 337 g/mol. The molecule has 7 heteroatoms. The van der Waals surface area contributed by atoms with Crippen molar-refractivity contribution in [1.29, 1.82) is 0 Å². The average Bonchev–Trinajstić information content (AvgIpc) is 2.87. The number of nitrogens with one attached hydrogen (secondary N) is 1. The van der Waals surface area contributed by atoms with Crippen molar-refractivity contribution < 1.29 is 9.90 Å². The fourth-order valence-electron chi connectivity index (χ4n) is 3.22. The molecule has 1 atom stereocenters. The first-order valence-electron chi connectivity index (χ1n) is 8.71. The number of aromatic nitrogens is 2. The molecule has 1 unspecified atom stereocenters. The predicted octanol–water partition coefficient (Wildman–Crippen LogP) is 0.839. The molecule has 1 aliphatic heterocycles. The Labute approximate surface area is 144 Å². The Kier molecular flexibility index (Phi) is 6.23. The van der Waals surface area contributed by atoms with Gasteiger partial charge < -0.3 is 15.3 Å². The van der Waals surface area contributed by atoms with Crippen molar-refractivity contribution in [1.82, 2.24) is 24.9 Å². The molecule has 7 nitrogen and oxygen atoms in total. The molecule has 2 heterocycles. The summed E-state index contributed by atoms with van der Waals surface area (Å²) >= 11 is 0. The highest BCUT2D eigenvalue weighted by Gasteiger charge is 2.29. The van der Waals surface area contributed by atoms with E-state index in [2.05, 4.69) is 22.2 Å². The van der Waals surface area contributed by atoms with E-state index in [0.29, 0.717) is 19.6 Å². The number of carbonyl (C=O) groups excluding carboxylic acids is 1. The molecule has 0 aliphatic carbocycles. The van der Waals surface area contributed by atoms with E-state index in [-0.39, 0.29) is 12.1 Å². The van der Waals surface area contributed by atoms with Crippen LogP contribution in [0, 0.1) is 0 Å². The minimum atomic E-state index is -0.698. The fourth-order valence-corrected chi connectivity index (χ4v) is 3.22. The smallest absolute Gasteiger partial charge is 0.317 e. The highest BCUT2D eigenvalue weighted by Crippen LogP contribution is 2.13. The van der Waals surface area contributed by atoms with Gasteiger partial charge in [-0.15, -0.1) is 0 Å². The summed E-state index contributed by atoms with van der Waals surface area (Å²) in [4.78, 5) is 16.5. The Morgan fingerprint density at radius 2 is 2.21 bits per heavy atom. The summed E-state index contributed by atoms with van der Waals surface area (Å²) in [5.41, 5.74) is 0.497. The van der Waals surface area contributed by atoms with Crippen molar-refractivity contribution in [2.75, 3.05) is 32.7 Å². The molecule has 24 heavy (non-hydrogen) atoms. The second-order valence-electron chi connectivity index (χ2n) is 7.45. The van der Waals surface area contributed by atoms with Gasteiger partial charge >= 0.3 is 6.03 Å². The fraction of sp³-hybridized carbons (Fsp3) is 0.765. The molecular weight excluding hydrogens is 306 g/mol. The topological polar surface area (TPSA) is 73.6 Å². The maximum atomic E-state index is 12.3. The van der Waals surface area contributed by atoms with Gasteiger partial charge in [0.25, 0.3) is 0 Å². The van der Waals surface area contributed by atoms with Gasteiger partial charge in [-0.2, -0.15) is 5.10 Å². The van der Waals surface area contributed by atoms with E-state index in [1.165, 1.54) is 5.56 Å². The van der Waals surface area contributed by atoms with Crippen LogP contribution in [0.15, 0.2) is 12.4 Å². The van der Waals surface area contributed by atoms with Gasteiger partial charge in [-0.25, -0.2) is 4.79 Å². The van der Waals surface area contributed by atoms with Gasteiger partial charge in [0.05, 0.1) is 11.8 Å². The van der Waals surface area contributed by atoms with E-state index in [1.54, 1.807) is 4.68 Å². The lowest BCUT2D eigenvalue weighted by molar-refractivity contribution is 0.0119. The SMILES string of the molecule is CC1CN(CC(C)(C)O)CCN1C(=O)NCCCc1cnn(C)c1. The van der Waals surface area contributed by atoms with Gasteiger partial charge in [0, 0.05) is 52.0 Å². The van der Waals surface area contributed by atoms with Gasteiger partial charge in [-0.1, -0.05) is 0 Å². The quantitative estimate of drug-likeness (QED) is 0.755. The molecule has 136 valence electrons. The van der Waals surface area contributed by atoms with Crippen molar-refractivity contribution in [2.24, 2.45) is 7.05 Å². The number of aliphatic hydroxyl groups is 1. The number of amides is 2. The number of aryl methyl sites for hydroxylation is 2. The van der Waals surface area contributed by atoms with Gasteiger partial charge in [-0.3, -0.25) is 9.58 Å². The molecule has 0 bridgehead atoms. The van der Waals surface area contributed by atoms with Crippen LogP contribution in [-0.4, -0.2) is 75.1 Å². The summed E-state index contributed by atoms with van der Waals surface area (Å²) in [6.07, 6.45) is 5.70. The first kappa shape index (κ1) is 18.7. The second kappa shape index (κ2) is 7.98. The van der Waals surface area contributed by atoms with Gasteiger partial charge in [-0.05, 0) is 39.2 Å². The van der Waals surface area contributed by atoms with Gasteiger partial charge in [0.1, 0.15) is 0 Å². The third-order valence-electron chi connectivity index (χ3n) is 4.26. The Bertz CT molecular complexity index is 537. The first-order chi connectivity index (χ1) is 11.2. The molecule has 2 rings (SSSR count). The van der Waals surface area contributed by atoms with Crippen LogP contribution in [0.5, 0.6) is 0 Å². The summed E-state index contributed by atoms with van der Waals surface area (Å²) < 4.78 is 1.79. The molecule has 2 amide bonds. The molecule has 1 saturated heterocycles. The van der Waals surface area contributed by atoms with Crippen LogP contribution < -0.4 is 5.32 Å². The maximum Gasteiger partial charge on any atom is 0.317 e. The highest BCUT2D eigenvalue weighted by molar-refractivity contribution is 5.74. The van der Waals surface area contributed by atoms with Crippen LogP contribution in [-0.2, 0) is 13.5 Å². The van der Waals surface area contributed by atoms with E-state index in [0.717, 1.165) is 25.9 Å². The Morgan fingerprint density at radius 3 is 2.79 bits per heavy atom. The minimum Gasteiger partial charge on any atom is -0.389 e. The molecule has 2 N–H and O–H groups in total. The lowest BCUT2D eigenvalue weighted by Gasteiger charge is -2.41. The normalized spacial score (nSPS) is 19.5. The third kappa shape index (κ3) is 5.79. The molecular formula is C17H31N5O2. The second-order valence-corrected chi connectivity index (χ2v) is 7.45. The summed E-state index contributed by atoms with van der Waals surface area (Å²) in [5.74, 6) is 0. The number of nitrogens with zero attached hydrogens (tertiary/aromatic N) is 4. The van der Waals surface area contributed by atoms with Crippen molar-refractivity contribution in [3.63, 3.8) is 0 Å².